The fourth-order valence-corrected chi connectivity index (χ4v) is 1.97. The van der Waals surface area contributed by atoms with Gasteiger partial charge in [-0.2, -0.15) is 0 Å². The van der Waals surface area contributed by atoms with Gasteiger partial charge in [-0.1, -0.05) is 19.4 Å². The molecule has 1 rings (SSSR count). The van der Waals surface area contributed by atoms with Crippen LogP contribution in [0.5, 0.6) is 0 Å². The van der Waals surface area contributed by atoms with Gasteiger partial charge in [0.05, 0.1) is 19.8 Å². The van der Waals surface area contributed by atoms with Crippen molar-refractivity contribution in [3.05, 3.63) is 22.4 Å². The van der Waals surface area contributed by atoms with E-state index in [1.807, 2.05) is 0 Å². The van der Waals surface area contributed by atoms with E-state index in [0.717, 1.165) is 45.9 Å². The van der Waals surface area contributed by atoms with Crippen LogP contribution in [0, 0.1) is 0 Å². The van der Waals surface area contributed by atoms with Crippen LogP contribution in [0.2, 0.25) is 0 Å². The zero-order chi connectivity index (χ0) is 12.2. The standard InChI is InChI=1S/C13H23NO2S/c1-2-3-8-15-9-6-14-7-10-16-12-13-5-4-11-17-13/h4-5,11,14H,2-3,6-10,12H2,1H3. The van der Waals surface area contributed by atoms with Crippen LogP contribution in [-0.2, 0) is 16.1 Å². The highest BCUT2D eigenvalue weighted by Crippen LogP contribution is 2.08. The van der Waals surface area contributed by atoms with E-state index in [0.29, 0.717) is 0 Å². The Morgan fingerprint density at radius 2 is 2.00 bits per heavy atom. The van der Waals surface area contributed by atoms with Crippen molar-refractivity contribution in [2.45, 2.75) is 26.4 Å². The second-order valence-electron chi connectivity index (χ2n) is 3.85. The lowest BCUT2D eigenvalue weighted by atomic mass is 10.4. The van der Waals surface area contributed by atoms with E-state index < -0.39 is 0 Å². The molecule has 17 heavy (non-hydrogen) atoms. The molecular formula is C13H23NO2S. The maximum atomic E-state index is 5.53. The molecule has 0 radical (unpaired) electrons. The summed E-state index contributed by atoms with van der Waals surface area (Å²) in [6, 6.07) is 4.15. The van der Waals surface area contributed by atoms with Gasteiger partial charge in [-0.3, -0.25) is 0 Å². The molecule has 0 aromatic carbocycles. The Labute approximate surface area is 108 Å². The highest BCUT2D eigenvalue weighted by molar-refractivity contribution is 7.09. The van der Waals surface area contributed by atoms with E-state index >= 15 is 0 Å². The van der Waals surface area contributed by atoms with E-state index in [1.165, 1.54) is 11.3 Å². The van der Waals surface area contributed by atoms with Gasteiger partial charge in [-0.25, -0.2) is 0 Å². The van der Waals surface area contributed by atoms with Gasteiger partial charge in [0.15, 0.2) is 0 Å². The van der Waals surface area contributed by atoms with Crippen LogP contribution in [0.4, 0.5) is 0 Å². The summed E-state index contributed by atoms with van der Waals surface area (Å²) < 4.78 is 11.0. The largest absolute Gasteiger partial charge is 0.380 e. The molecule has 0 unspecified atom stereocenters. The summed E-state index contributed by atoms with van der Waals surface area (Å²) in [6.45, 7) is 7.14. The second kappa shape index (κ2) is 10.7. The quantitative estimate of drug-likeness (QED) is 0.618. The Kier molecular flexibility index (Phi) is 9.23. The lowest BCUT2D eigenvalue weighted by Crippen LogP contribution is -2.24. The lowest BCUT2D eigenvalue weighted by molar-refractivity contribution is 0.114. The second-order valence-corrected chi connectivity index (χ2v) is 4.88. The topological polar surface area (TPSA) is 30.5 Å². The first-order valence-corrected chi connectivity index (χ1v) is 7.20. The third kappa shape index (κ3) is 8.32. The molecule has 1 aromatic heterocycles. The number of unbranched alkanes of at least 4 members (excludes halogenated alkanes) is 1. The molecule has 0 amide bonds. The summed E-state index contributed by atoms with van der Waals surface area (Å²) in [5.74, 6) is 0. The minimum Gasteiger partial charge on any atom is -0.380 e. The molecule has 0 aliphatic heterocycles. The van der Waals surface area contributed by atoms with Crippen molar-refractivity contribution in [3.63, 3.8) is 0 Å². The Morgan fingerprint density at radius 3 is 2.71 bits per heavy atom. The molecule has 1 heterocycles. The fraction of sp³-hybridized carbons (Fsp3) is 0.692. The molecule has 98 valence electrons. The van der Waals surface area contributed by atoms with Crippen molar-refractivity contribution in [3.8, 4) is 0 Å². The van der Waals surface area contributed by atoms with Crippen molar-refractivity contribution in [1.82, 2.24) is 5.32 Å². The predicted octanol–water partition coefficient (Wildman–Crippen LogP) is 2.67. The van der Waals surface area contributed by atoms with Gasteiger partial charge in [-0.15, -0.1) is 11.3 Å². The Morgan fingerprint density at radius 1 is 1.18 bits per heavy atom. The molecule has 0 spiro atoms. The third-order valence-electron chi connectivity index (χ3n) is 2.31. The van der Waals surface area contributed by atoms with Crippen LogP contribution < -0.4 is 5.32 Å². The normalized spacial score (nSPS) is 10.9. The van der Waals surface area contributed by atoms with Gasteiger partial charge in [0.1, 0.15) is 0 Å². The van der Waals surface area contributed by atoms with Crippen molar-refractivity contribution in [1.29, 1.82) is 0 Å². The first kappa shape index (κ1) is 14.6. The molecule has 0 aliphatic rings. The molecule has 4 heteroatoms. The highest BCUT2D eigenvalue weighted by Gasteiger charge is 1.93. The smallest absolute Gasteiger partial charge is 0.0809 e. The van der Waals surface area contributed by atoms with Gasteiger partial charge in [-0.05, 0) is 17.9 Å². The van der Waals surface area contributed by atoms with E-state index in [2.05, 4.69) is 29.8 Å². The Bertz CT molecular complexity index is 252. The SMILES string of the molecule is CCCCOCCNCCOCc1cccs1. The molecule has 3 nitrogen and oxygen atoms in total. The average molecular weight is 257 g/mol. The molecule has 0 atom stereocenters. The molecule has 0 aliphatic carbocycles. The Balaban J connectivity index is 1.76. The number of rotatable bonds is 11. The minimum absolute atomic E-state index is 0.729. The van der Waals surface area contributed by atoms with Crippen LogP contribution in [0.15, 0.2) is 17.5 Å². The molecule has 1 aromatic rings. The van der Waals surface area contributed by atoms with Gasteiger partial charge in [0.2, 0.25) is 0 Å². The summed E-state index contributed by atoms with van der Waals surface area (Å²) in [6.07, 6.45) is 2.36. The minimum atomic E-state index is 0.729. The Hall–Kier alpha value is -0.420. The maximum Gasteiger partial charge on any atom is 0.0809 e. The molecule has 0 fully saturated rings. The first-order valence-electron chi connectivity index (χ1n) is 6.32. The van der Waals surface area contributed by atoms with Crippen molar-refractivity contribution in [2.75, 3.05) is 32.9 Å². The fourth-order valence-electron chi connectivity index (χ4n) is 1.33. The molecule has 0 saturated heterocycles. The summed E-state index contributed by atoms with van der Waals surface area (Å²) in [7, 11) is 0. The zero-order valence-electron chi connectivity index (χ0n) is 10.6. The van der Waals surface area contributed by atoms with E-state index in [-0.39, 0.29) is 0 Å². The monoisotopic (exact) mass is 257 g/mol. The average Bonchev–Trinajstić information content (AvgIpc) is 2.85. The maximum absolute atomic E-state index is 5.53. The van der Waals surface area contributed by atoms with Crippen LogP contribution in [-0.4, -0.2) is 32.9 Å². The van der Waals surface area contributed by atoms with Crippen LogP contribution >= 0.6 is 11.3 Å². The predicted molar refractivity (Wildman–Crippen MR) is 72.6 cm³/mol. The number of thiophene rings is 1. The number of ether oxygens (including phenoxy) is 2. The summed E-state index contributed by atoms with van der Waals surface area (Å²) in [4.78, 5) is 1.29. The molecule has 0 bridgehead atoms. The zero-order valence-corrected chi connectivity index (χ0v) is 11.4. The van der Waals surface area contributed by atoms with Gasteiger partial charge in [0, 0.05) is 24.6 Å². The van der Waals surface area contributed by atoms with Crippen molar-refractivity contribution < 1.29 is 9.47 Å². The molecule has 0 saturated carbocycles. The van der Waals surface area contributed by atoms with E-state index in [1.54, 1.807) is 11.3 Å². The van der Waals surface area contributed by atoms with E-state index in [4.69, 9.17) is 9.47 Å². The van der Waals surface area contributed by atoms with Gasteiger partial charge < -0.3 is 14.8 Å². The summed E-state index contributed by atoms with van der Waals surface area (Å²) >= 11 is 1.74. The van der Waals surface area contributed by atoms with Crippen molar-refractivity contribution >= 4 is 11.3 Å². The van der Waals surface area contributed by atoms with Crippen molar-refractivity contribution in [2.24, 2.45) is 0 Å². The van der Waals surface area contributed by atoms with Gasteiger partial charge >= 0.3 is 0 Å². The third-order valence-corrected chi connectivity index (χ3v) is 3.16. The molecular weight excluding hydrogens is 234 g/mol. The summed E-state index contributed by atoms with van der Waals surface area (Å²) in [5.41, 5.74) is 0. The summed E-state index contributed by atoms with van der Waals surface area (Å²) in [5, 5.41) is 5.37. The van der Waals surface area contributed by atoms with Crippen LogP contribution in [0.25, 0.3) is 0 Å². The van der Waals surface area contributed by atoms with Crippen LogP contribution in [0.3, 0.4) is 0 Å². The van der Waals surface area contributed by atoms with E-state index in [9.17, 15) is 0 Å². The number of hydrogen-bond donors (Lipinski definition) is 1. The number of hydrogen-bond acceptors (Lipinski definition) is 4. The van der Waals surface area contributed by atoms with Gasteiger partial charge in [0.25, 0.3) is 0 Å². The highest BCUT2D eigenvalue weighted by atomic mass is 32.1. The molecule has 1 N–H and O–H groups in total. The first-order chi connectivity index (χ1) is 8.43. The van der Waals surface area contributed by atoms with Crippen LogP contribution in [0.1, 0.15) is 24.6 Å². The number of nitrogens with one attached hydrogen (secondary N) is 1. The lowest BCUT2D eigenvalue weighted by Gasteiger charge is -2.06.